The van der Waals surface area contributed by atoms with Crippen molar-refractivity contribution < 1.29 is 4.79 Å². The van der Waals surface area contributed by atoms with Crippen LogP contribution in [0.5, 0.6) is 0 Å². The number of fused-ring (bicyclic) bond motifs is 1. The number of nitrogens with zero attached hydrogens (tertiary/aromatic N) is 4. The number of imidazole rings is 1. The Morgan fingerprint density at radius 2 is 2.24 bits per heavy atom. The van der Waals surface area contributed by atoms with Gasteiger partial charge in [0.05, 0.1) is 10.2 Å². The van der Waals surface area contributed by atoms with E-state index in [0.717, 1.165) is 41.0 Å². The molecule has 0 aliphatic carbocycles. The second-order valence-electron chi connectivity index (χ2n) is 6.68. The number of hydrogen-bond donors (Lipinski definition) is 1. The molecule has 0 radical (unpaired) electrons. The van der Waals surface area contributed by atoms with Gasteiger partial charge >= 0.3 is 0 Å². The smallest absolute Gasteiger partial charge is 0.253 e. The van der Waals surface area contributed by atoms with Crippen LogP contribution in [0.2, 0.25) is 0 Å². The molecule has 1 amide bonds. The molecule has 1 unspecified atom stereocenters. The van der Waals surface area contributed by atoms with Crippen LogP contribution in [0, 0.1) is 6.92 Å². The lowest BCUT2D eigenvalue weighted by Crippen LogP contribution is -2.39. The van der Waals surface area contributed by atoms with Crippen molar-refractivity contribution in [2.24, 2.45) is 7.05 Å². The second-order valence-corrected chi connectivity index (χ2v) is 7.74. The minimum atomic E-state index is 0.0795. The van der Waals surface area contributed by atoms with E-state index in [9.17, 15) is 4.79 Å². The number of likely N-dealkylation sites (tertiary alicyclic amines) is 1. The fraction of sp³-hybridized carbons (Fsp3) is 0.389. The summed E-state index contributed by atoms with van der Waals surface area (Å²) in [6.45, 7) is 3.48. The molecular weight excluding hydrogens is 334 g/mol. The molecule has 1 fully saturated rings. The van der Waals surface area contributed by atoms with Gasteiger partial charge in [0.25, 0.3) is 5.91 Å². The third-order valence-electron chi connectivity index (χ3n) is 4.88. The second kappa shape index (κ2) is 6.15. The van der Waals surface area contributed by atoms with Gasteiger partial charge in [-0.1, -0.05) is 11.3 Å². The van der Waals surface area contributed by atoms with Crippen molar-refractivity contribution in [2.75, 3.05) is 18.8 Å². The number of aromatic nitrogens is 3. The molecule has 2 aromatic heterocycles. The van der Waals surface area contributed by atoms with E-state index in [0.29, 0.717) is 23.2 Å². The Balaban J connectivity index is 1.61. The van der Waals surface area contributed by atoms with E-state index in [4.69, 9.17) is 5.73 Å². The molecule has 3 aromatic rings. The summed E-state index contributed by atoms with van der Waals surface area (Å²) in [6.07, 6.45) is 5.85. The third kappa shape index (κ3) is 2.89. The molecule has 6 nitrogen and oxygen atoms in total. The molecular formula is C18H21N5OS. The molecule has 0 saturated carbocycles. The highest BCUT2D eigenvalue weighted by atomic mass is 32.1. The van der Waals surface area contributed by atoms with Gasteiger partial charge in [-0.3, -0.25) is 4.79 Å². The van der Waals surface area contributed by atoms with Crippen LogP contribution >= 0.6 is 11.3 Å². The monoisotopic (exact) mass is 355 g/mol. The van der Waals surface area contributed by atoms with Crippen LogP contribution < -0.4 is 5.73 Å². The Morgan fingerprint density at radius 3 is 3.00 bits per heavy atom. The van der Waals surface area contributed by atoms with Gasteiger partial charge in [0.1, 0.15) is 5.82 Å². The van der Waals surface area contributed by atoms with Gasteiger partial charge in [0.2, 0.25) is 0 Å². The normalized spacial score (nSPS) is 18.0. The van der Waals surface area contributed by atoms with Gasteiger partial charge in [-0.15, -0.1) is 0 Å². The number of anilines is 1. The molecule has 0 bridgehead atoms. The Bertz CT molecular complexity index is 944. The zero-order valence-electron chi connectivity index (χ0n) is 14.4. The molecule has 1 aromatic carbocycles. The van der Waals surface area contributed by atoms with Crippen molar-refractivity contribution in [1.29, 1.82) is 0 Å². The zero-order valence-corrected chi connectivity index (χ0v) is 15.2. The van der Waals surface area contributed by atoms with Crippen LogP contribution in [0.4, 0.5) is 5.13 Å². The maximum atomic E-state index is 13.1. The summed E-state index contributed by atoms with van der Waals surface area (Å²) in [5, 5.41) is 0.538. The Hall–Kier alpha value is -2.41. The summed E-state index contributed by atoms with van der Waals surface area (Å²) in [5.74, 6) is 1.43. The first-order chi connectivity index (χ1) is 12.0. The summed E-state index contributed by atoms with van der Waals surface area (Å²) in [5.41, 5.74) is 8.42. The maximum Gasteiger partial charge on any atom is 0.253 e. The average molecular weight is 355 g/mol. The molecule has 1 aliphatic heterocycles. The zero-order chi connectivity index (χ0) is 17.6. The lowest BCUT2D eigenvalue weighted by Gasteiger charge is -2.32. The first-order valence-corrected chi connectivity index (χ1v) is 9.27. The highest BCUT2D eigenvalue weighted by Crippen LogP contribution is 2.30. The number of carbonyl (C=O) groups is 1. The van der Waals surface area contributed by atoms with E-state index in [-0.39, 0.29) is 5.91 Å². The fourth-order valence-corrected chi connectivity index (χ4v) is 4.51. The van der Waals surface area contributed by atoms with Gasteiger partial charge in [0, 0.05) is 44.0 Å². The number of carbonyl (C=O) groups excluding carboxylic acids is 1. The van der Waals surface area contributed by atoms with E-state index in [2.05, 4.69) is 14.5 Å². The number of aryl methyl sites for hydroxylation is 2. The van der Waals surface area contributed by atoms with Crippen molar-refractivity contribution in [3.05, 3.63) is 41.5 Å². The number of nitrogen functional groups attached to an aromatic ring is 1. The minimum absolute atomic E-state index is 0.0795. The van der Waals surface area contributed by atoms with E-state index in [1.807, 2.05) is 43.4 Å². The molecule has 2 N–H and O–H groups in total. The lowest BCUT2D eigenvalue weighted by molar-refractivity contribution is 0.0703. The predicted molar refractivity (Wildman–Crippen MR) is 99.9 cm³/mol. The molecule has 4 rings (SSSR count). The number of rotatable bonds is 2. The summed E-state index contributed by atoms with van der Waals surface area (Å²) >= 11 is 1.43. The topological polar surface area (TPSA) is 77.0 Å². The molecule has 1 aliphatic rings. The quantitative estimate of drug-likeness (QED) is 0.767. The molecule has 7 heteroatoms. The van der Waals surface area contributed by atoms with Crippen LogP contribution in [-0.2, 0) is 7.05 Å². The Kier molecular flexibility index (Phi) is 3.95. The fourth-order valence-electron chi connectivity index (χ4n) is 3.66. The molecule has 1 atom stereocenters. The van der Waals surface area contributed by atoms with Crippen LogP contribution in [0.25, 0.3) is 10.2 Å². The lowest BCUT2D eigenvalue weighted by atomic mass is 9.96. The van der Waals surface area contributed by atoms with Crippen molar-refractivity contribution >= 4 is 32.6 Å². The molecule has 1 saturated heterocycles. The van der Waals surface area contributed by atoms with Gasteiger partial charge in [-0.2, -0.15) is 0 Å². The highest BCUT2D eigenvalue weighted by molar-refractivity contribution is 7.22. The average Bonchev–Trinajstić information content (AvgIpc) is 3.19. The van der Waals surface area contributed by atoms with Crippen LogP contribution in [-0.4, -0.2) is 38.4 Å². The van der Waals surface area contributed by atoms with Gasteiger partial charge < -0.3 is 15.2 Å². The van der Waals surface area contributed by atoms with Gasteiger partial charge in [-0.05, 0) is 37.5 Å². The van der Waals surface area contributed by atoms with Crippen molar-refractivity contribution in [3.63, 3.8) is 0 Å². The number of benzene rings is 1. The first-order valence-electron chi connectivity index (χ1n) is 8.46. The van der Waals surface area contributed by atoms with Crippen LogP contribution in [0.3, 0.4) is 0 Å². The van der Waals surface area contributed by atoms with Crippen molar-refractivity contribution in [1.82, 2.24) is 19.4 Å². The number of hydrogen-bond acceptors (Lipinski definition) is 5. The number of piperidine rings is 1. The minimum Gasteiger partial charge on any atom is -0.375 e. The summed E-state index contributed by atoms with van der Waals surface area (Å²) < 4.78 is 3.02. The third-order valence-corrected chi connectivity index (χ3v) is 5.71. The molecule has 3 heterocycles. The molecule has 0 spiro atoms. The number of thiazole rings is 1. The van der Waals surface area contributed by atoms with Crippen LogP contribution in [0.1, 0.15) is 40.5 Å². The van der Waals surface area contributed by atoms with Crippen LogP contribution in [0.15, 0.2) is 24.5 Å². The standard InChI is InChI=1S/C18H21N5OS/c1-11-8-13(9-14-15(11)21-18(19)25-14)17(24)23-6-3-4-12(10-23)16-20-5-7-22(16)2/h5,7-9,12H,3-4,6,10H2,1-2H3,(H2,19,21). The molecule has 25 heavy (non-hydrogen) atoms. The Labute approximate surface area is 150 Å². The molecule has 130 valence electrons. The maximum absolute atomic E-state index is 13.1. The van der Waals surface area contributed by atoms with Crippen molar-refractivity contribution in [3.8, 4) is 0 Å². The summed E-state index contributed by atoms with van der Waals surface area (Å²) in [4.78, 5) is 23.8. The van der Waals surface area contributed by atoms with E-state index >= 15 is 0 Å². The predicted octanol–water partition coefficient (Wildman–Crippen LogP) is 2.94. The summed E-state index contributed by atoms with van der Waals surface area (Å²) in [7, 11) is 2.01. The van der Waals surface area contributed by atoms with Gasteiger partial charge in [0.15, 0.2) is 5.13 Å². The number of nitrogens with two attached hydrogens (primary N) is 1. The first kappa shape index (κ1) is 16.1. The van der Waals surface area contributed by atoms with Crippen molar-refractivity contribution in [2.45, 2.75) is 25.7 Å². The largest absolute Gasteiger partial charge is 0.375 e. The Morgan fingerprint density at radius 1 is 1.40 bits per heavy atom. The van der Waals surface area contributed by atoms with E-state index in [1.54, 1.807) is 0 Å². The summed E-state index contributed by atoms with van der Waals surface area (Å²) in [6, 6.07) is 3.84. The van der Waals surface area contributed by atoms with Gasteiger partial charge in [-0.25, -0.2) is 9.97 Å². The highest BCUT2D eigenvalue weighted by Gasteiger charge is 2.28. The van der Waals surface area contributed by atoms with E-state index < -0.39 is 0 Å². The SMILES string of the molecule is Cc1cc(C(=O)N2CCCC(c3nccn3C)C2)cc2sc(N)nc12. The number of amides is 1. The van der Waals surface area contributed by atoms with E-state index in [1.165, 1.54) is 11.3 Å².